The maximum atomic E-state index is 13.4. The molecule has 0 bridgehead atoms. The molecule has 8 nitrogen and oxygen atoms in total. The third-order valence-electron chi connectivity index (χ3n) is 4.48. The van der Waals surface area contributed by atoms with Gasteiger partial charge in [-0.15, -0.1) is 0 Å². The molecule has 0 spiro atoms. The number of fused-ring (bicyclic) bond motifs is 1. The fraction of sp³-hybridized carbons (Fsp3) is 0.227. The first-order chi connectivity index (χ1) is 14.4. The fourth-order valence-corrected chi connectivity index (χ4v) is 3.31. The molecule has 0 unspecified atom stereocenters. The largest absolute Gasteiger partial charge is 0.493 e. The van der Waals surface area contributed by atoms with E-state index in [2.05, 4.69) is 5.32 Å². The highest BCUT2D eigenvalue weighted by molar-refractivity contribution is 6.22. The average Bonchev–Trinajstić information content (AvgIpc) is 3.06. The second-order valence-electron chi connectivity index (χ2n) is 6.33. The molecule has 0 fully saturated rings. The van der Waals surface area contributed by atoms with Crippen LogP contribution in [0.4, 0.5) is 10.5 Å². The van der Waals surface area contributed by atoms with Crippen molar-refractivity contribution in [2.24, 2.45) is 0 Å². The van der Waals surface area contributed by atoms with Crippen LogP contribution >= 0.6 is 0 Å². The fourth-order valence-electron chi connectivity index (χ4n) is 3.31. The minimum Gasteiger partial charge on any atom is -0.493 e. The second kappa shape index (κ2) is 8.69. The Kier molecular flexibility index (Phi) is 6.06. The normalized spacial score (nSPS) is 10.5. The molecule has 1 aromatic heterocycles. The van der Waals surface area contributed by atoms with Crippen molar-refractivity contribution in [1.29, 1.82) is 0 Å². The number of aromatic nitrogens is 1. The number of hydrogen-bond acceptors (Lipinski definition) is 6. The summed E-state index contributed by atoms with van der Waals surface area (Å²) in [5.74, 6) is -0.199. The smallest absolute Gasteiger partial charge is 0.419 e. The first kappa shape index (κ1) is 20.9. The lowest BCUT2D eigenvalue weighted by Crippen LogP contribution is -2.21. The highest BCUT2D eigenvalue weighted by Crippen LogP contribution is 2.43. The number of benzene rings is 2. The van der Waals surface area contributed by atoms with Crippen molar-refractivity contribution in [1.82, 2.24) is 4.57 Å². The van der Waals surface area contributed by atoms with Crippen LogP contribution in [0.25, 0.3) is 10.9 Å². The van der Waals surface area contributed by atoms with E-state index in [1.54, 1.807) is 49.4 Å². The van der Waals surface area contributed by atoms with Gasteiger partial charge in [-0.05, 0) is 19.1 Å². The molecule has 0 aliphatic rings. The molecule has 0 atom stereocenters. The van der Waals surface area contributed by atoms with Crippen LogP contribution in [0, 0.1) is 0 Å². The summed E-state index contributed by atoms with van der Waals surface area (Å²) in [5, 5.41) is 3.05. The van der Waals surface area contributed by atoms with E-state index < -0.39 is 17.8 Å². The summed E-state index contributed by atoms with van der Waals surface area (Å²) < 4.78 is 17.2. The predicted octanol–water partition coefficient (Wildman–Crippen LogP) is 3.85. The summed E-state index contributed by atoms with van der Waals surface area (Å²) in [6.07, 6.45) is -0.745. The van der Waals surface area contributed by atoms with Gasteiger partial charge in [0, 0.05) is 12.5 Å². The number of methoxy groups -OCH3 is 2. The van der Waals surface area contributed by atoms with Crippen molar-refractivity contribution in [3.63, 3.8) is 0 Å². The summed E-state index contributed by atoms with van der Waals surface area (Å²) in [6, 6.07) is 11.7. The van der Waals surface area contributed by atoms with Crippen molar-refractivity contribution in [3.8, 4) is 11.5 Å². The van der Waals surface area contributed by atoms with Crippen LogP contribution in [0.2, 0.25) is 0 Å². The molecule has 0 radical (unpaired) electrons. The Labute approximate surface area is 173 Å². The molecule has 0 aliphatic carbocycles. The van der Waals surface area contributed by atoms with E-state index in [1.165, 1.54) is 21.1 Å². The van der Waals surface area contributed by atoms with Gasteiger partial charge in [-0.1, -0.05) is 30.3 Å². The van der Waals surface area contributed by atoms with Crippen LogP contribution in [0.1, 0.15) is 29.9 Å². The molecular formula is C22H22N2O6. The molecule has 1 amide bonds. The summed E-state index contributed by atoms with van der Waals surface area (Å²) in [6.45, 7) is 3.10. The zero-order valence-electron chi connectivity index (χ0n) is 17.1. The Balaban J connectivity index is 2.46. The molecule has 156 valence electrons. The number of anilines is 1. The maximum Gasteiger partial charge on any atom is 0.419 e. The van der Waals surface area contributed by atoms with Gasteiger partial charge in [0.1, 0.15) is 5.69 Å². The van der Waals surface area contributed by atoms with Gasteiger partial charge in [-0.2, -0.15) is 0 Å². The Hall–Kier alpha value is -3.81. The summed E-state index contributed by atoms with van der Waals surface area (Å²) >= 11 is 0. The Morgan fingerprint density at radius 2 is 1.70 bits per heavy atom. The molecule has 8 heteroatoms. The van der Waals surface area contributed by atoms with E-state index in [-0.39, 0.29) is 23.7 Å². The van der Waals surface area contributed by atoms with Gasteiger partial charge >= 0.3 is 6.09 Å². The first-order valence-electron chi connectivity index (χ1n) is 9.28. The number of rotatable bonds is 6. The van der Waals surface area contributed by atoms with Gasteiger partial charge in [-0.25, -0.2) is 9.36 Å². The van der Waals surface area contributed by atoms with Crippen molar-refractivity contribution in [3.05, 3.63) is 53.7 Å². The van der Waals surface area contributed by atoms with E-state index in [1.807, 2.05) is 0 Å². The maximum absolute atomic E-state index is 13.4. The molecule has 1 N–H and O–H groups in total. The number of carbonyl (C=O) groups excluding carboxylic acids is 3. The van der Waals surface area contributed by atoms with Crippen LogP contribution < -0.4 is 14.8 Å². The lowest BCUT2D eigenvalue weighted by atomic mass is 10.1. The van der Waals surface area contributed by atoms with E-state index in [4.69, 9.17) is 14.2 Å². The van der Waals surface area contributed by atoms with Gasteiger partial charge < -0.3 is 19.5 Å². The van der Waals surface area contributed by atoms with Crippen molar-refractivity contribution < 1.29 is 28.6 Å². The van der Waals surface area contributed by atoms with E-state index >= 15 is 0 Å². The van der Waals surface area contributed by atoms with Gasteiger partial charge in [0.15, 0.2) is 11.5 Å². The molecular weight excluding hydrogens is 388 g/mol. The number of carbonyl (C=O) groups is 3. The average molecular weight is 410 g/mol. The van der Waals surface area contributed by atoms with Gasteiger partial charge in [0.05, 0.1) is 37.4 Å². The quantitative estimate of drug-likeness (QED) is 0.620. The molecule has 1 heterocycles. The van der Waals surface area contributed by atoms with Crippen LogP contribution in [0.15, 0.2) is 42.5 Å². The standard InChI is InChI=1S/C22H22N2O6/c1-5-30-22(27)24-15-11-12-16(28-3)21(29-4)17(15)18(23-13(2)25)19(24)20(26)14-9-7-6-8-10-14/h6-12H,5H2,1-4H3,(H,23,25). The summed E-state index contributed by atoms with van der Waals surface area (Å²) in [7, 11) is 2.91. The molecule has 2 aromatic carbocycles. The molecule has 3 rings (SSSR count). The molecule has 0 saturated carbocycles. The Morgan fingerprint density at radius 3 is 2.27 bits per heavy atom. The lowest BCUT2D eigenvalue weighted by Gasteiger charge is -2.10. The van der Waals surface area contributed by atoms with Crippen LogP contribution in [0.3, 0.4) is 0 Å². The molecule has 0 aliphatic heterocycles. The monoisotopic (exact) mass is 410 g/mol. The third-order valence-corrected chi connectivity index (χ3v) is 4.48. The molecule has 3 aromatic rings. The summed E-state index contributed by atoms with van der Waals surface area (Å²) in [5.41, 5.74) is 0.809. The minimum absolute atomic E-state index is 0.0311. The van der Waals surface area contributed by atoms with Gasteiger partial charge in [-0.3, -0.25) is 9.59 Å². The molecule has 30 heavy (non-hydrogen) atoms. The van der Waals surface area contributed by atoms with Crippen LogP contribution in [0.5, 0.6) is 11.5 Å². The SMILES string of the molecule is CCOC(=O)n1c(C(=O)c2ccccc2)c(NC(C)=O)c2c(OC)c(OC)ccc21. The van der Waals surface area contributed by atoms with Crippen LogP contribution in [-0.2, 0) is 9.53 Å². The zero-order chi connectivity index (χ0) is 21.8. The van der Waals surface area contributed by atoms with E-state index in [0.717, 1.165) is 4.57 Å². The number of amides is 1. The zero-order valence-corrected chi connectivity index (χ0v) is 17.1. The topological polar surface area (TPSA) is 95.9 Å². The lowest BCUT2D eigenvalue weighted by molar-refractivity contribution is -0.114. The highest BCUT2D eigenvalue weighted by Gasteiger charge is 2.31. The second-order valence-corrected chi connectivity index (χ2v) is 6.33. The highest BCUT2D eigenvalue weighted by atomic mass is 16.5. The third kappa shape index (κ3) is 3.59. The van der Waals surface area contributed by atoms with Crippen molar-refractivity contribution >= 4 is 34.4 Å². The number of nitrogens with one attached hydrogen (secondary N) is 1. The van der Waals surface area contributed by atoms with Gasteiger partial charge in [0.2, 0.25) is 11.7 Å². The van der Waals surface area contributed by atoms with Gasteiger partial charge in [0.25, 0.3) is 0 Å². The van der Waals surface area contributed by atoms with E-state index in [9.17, 15) is 14.4 Å². The van der Waals surface area contributed by atoms with E-state index in [0.29, 0.717) is 22.2 Å². The molecule has 0 saturated heterocycles. The first-order valence-corrected chi connectivity index (χ1v) is 9.28. The minimum atomic E-state index is -0.745. The Bertz CT molecular complexity index is 1120. The predicted molar refractivity (Wildman–Crippen MR) is 112 cm³/mol. The summed E-state index contributed by atoms with van der Waals surface area (Å²) in [4.78, 5) is 38.3. The van der Waals surface area contributed by atoms with Crippen LogP contribution in [-0.4, -0.2) is 43.2 Å². The number of ketones is 1. The number of hydrogen-bond donors (Lipinski definition) is 1. The van der Waals surface area contributed by atoms with Crippen molar-refractivity contribution in [2.75, 3.05) is 26.1 Å². The van der Waals surface area contributed by atoms with Crippen molar-refractivity contribution in [2.45, 2.75) is 13.8 Å². The Morgan fingerprint density at radius 1 is 1.00 bits per heavy atom. The number of ether oxygens (including phenoxy) is 3. The number of nitrogens with zero attached hydrogens (tertiary/aromatic N) is 1.